The number of hydrogen-bond acceptors (Lipinski definition) is 4. The normalized spacial score (nSPS) is 20.8. The van der Waals surface area contributed by atoms with Crippen LogP contribution in [0.4, 0.5) is 5.69 Å². The molecule has 110 valence electrons. The van der Waals surface area contributed by atoms with E-state index in [0.29, 0.717) is 10.6 Å². The highest BCUT2D eigenvalue weighted by Gasteiger charge is 2.29. The van der Waals surface area contributed by atoms with Crippen LogP contribution in [0.15, 0.2) is 29.2 Å². The van der Waals surface area contributed by atoms with Crippen molar-refractivity contribution >= 4 is 15.7 Å². The SMILES string of the molecule is O=S(=O)(NC1CC1)c1ccccc1NN1CCCCC1. The lowest BCUT2D eigenvalue weighted by atomic mass is 10.2. The Morgan fingerprint density at radius 3 is 2.45 bits per heavy atom. The Bertz CT molecular complexity index is 564. The summed E-state index contributed by atoms with van der Waals surface area (Å²) in [6.07, 6.45) is 5.45. The summed E-state index contributed by atoms with van der Waals surface area (Å²) in [5.74, 6) is 0. The molecule has 2 fully saturated rings. The number of nitrogens with zero attached hydrogens (tertiary/aromatic N) is 1. The second kappa shape index (κ2) is 5.71. The first-order valence-corrected chi connectivity index (χ1v) is 8.76. The van der Waals surface area contributed by atoms with E-state index in [-0.39, 0.29) is 6.04 Å². The molecule has 0 unspecified atom stereocenters. The van der Waals surface area contributed by atoms with Crippen LogP contribution in [0.3, 0.4) is 0 Å². The third-order valence-electron chi connectivity index (χ3n) is 3.71. The minimum absolute atomic E-state index is 0.128. The Kier molecular flexibility index (Phi) is 3.96. The lowest BCUT2D eigenvalue weighted by molar-refractivity contribution is 0.272. The first kappa shape index (κ1) is 13.9. The largest absolute Gasteiger partial charge is 0.318 e. The second-order valence-corrected chi connectivity index (χ2v) is 7.23. The van der Waals surface area contributed by atoms with E-state index in [1.54, 1.807) is 12.1 Å². The lowest BCUT2D eigenvalue weighted by Gasteiger charge is -2.28. The van der Waals surface area contributed by atoms with Gasteiger partial charge in [0.1, 0.15) is 4.90 Å². The maximum Gasteiger partial charge on any atom is 0.242 e. The zero-order valence-electron chi connectivity index (χ0n) is 11.5. The zero-order valence-corrected chi connectivity index (χ0v) is 12.3. The molecular formula is C14H21N3O2S. The van der Waals surface area contributed by atoms with Crippen molar-refractivity contribution in [2.24, 2.45) is 0 Å². The predicted molar refractivity (Wildman–Crippen MR) is 78.8 cm³/mol. The Labute approximate surface area is 120 Å². The molecule has 1 aliphatic heterocycles. The molecule has 5 nitrogen and oxygen atoms in total. The topological polar surface area (TPSA) is 61.4 Å². The number of para-hydroxylation sites is 1. The van der Waals surface area contributed by atoms with E-state index in [9.17, 15) is 8.42 Å². The molecule has 0 radical (unpaired) electrons. The Hall–Kier alpha value is -1.11. The van der Waals surface area contributed by atoms with Gasteiger partial charge < -0.3 is 5.43 Å². The van der Waals surface area contributed by atoms with E-state index < -0.39 is 10.0 Å². The van der Waals surface area contributed by atoms with Gasteiger partial charge in [-0.05, 0) is 37.8 Å². The predicted octanol–water partition coefficient (Wildman–Crippen LogP) is 1.94. The number of piperidine rings is 1. The minimum atomic E-state index is -3.42. The fraction of sp³-hybridized carbons (Fsp3) is 0.571. The van der Waals surface area contributed by atoms with Gasteiger partial charge in [0.2, 0.25) is 10.0 Å². The Morgan fingerprint density at radius 1 is 1.05 bits per heavy atom. The van der Waals surface area contributed by atoms with Gasteiger partial charge in [-0.2, -0.15) is 0 Å². The Morgan fingerprint density at radius 2 is 1.75 bits per heavy atom. The maximum atomic E-state index is 12.4. The highest BCUT2D eigenvalue weighted by molar-refractivity contribution is 7.89. The summed E-state index contributed by atoms with van der Waals surface area (Å²) < 4.78 is 27.5. The van der Waals surface area contributed by atoms with Crippen LogP contribution in [0.2, 0.25) is 0 Å². The summed E-state index contributed by atoms with van der Waals surface area (Å²) in [7, 11) is -3.42. The average molecular weight is 295 g/mol. The number of hydrogen-bond donors (Lipinski definition) is 2. The molecule has 0 aromatic heterocycles. The van der Waals surface area contributed by atoms with Crippen molar-refractivity contribution in [3.8, 4) is 0 Å². The lowest BCUT2D eigenvalue weighted by Crippen LogP contribution is -2.36. The van der Waals surface area contributed by atoms with Crippen LogP contribution in [0.25, 0.3) is 0 Å². The maximum absolute atomic E-state index is 12.4. The smallest absolute Gasteiger partial charge is 0.242 e. The fourth-order valence-corrected chi connectivity index (χ4v) is 3.92. The molecule has 1 aromatic rings. The zero-order chi connectivity index (χ0) is 14.0. The Balaban J connectivity index is 1.79. The molecule has 1 saturated carbocycles. The third kappa shape index (κ3) is 3.31. The van der Waals surface area contributed by atoms with Gasteiger partial charge >= 0.3 is 0 Å². The van der Waals surface area contributed by atoms with Gasteiger partial charge in [0, 0.05) is 19.1 Å². The summed E-state index contributed by atoms with van der Waals surface area (Å²) >= 11 is 0. The van der Waals surface area contributed by atoms with Crippen molar-refractivity contribution in [2.75, 3.05) is 18.5 Å². The van der Waals surface area contributed by atoms with E-state index in [1.807, 2.05) is 12.1 Å². The molecule has 1 heterocycles. The number of hydrazine groups is 1. The molecule has 0 bridgehead atoms. The monoisotopic (exact) mass is 295 g/mol. The van der Waals surface area contributed by atoms with Crippen molar-refractivity contribution in [1.82, 2.24) is 9.73 Å². The van der Waals surface area contributed by atoms with E-state index in [4.69, 9.17) is 0 Å². The number of sulfonamides is 1. The van der Waals surface area contributed by atoms with Crippen LogP contribution in [-0.2, 0) is 10.0 Å². The second-order valence-electron chi connectivity index (χ2n) is 5.55. The molecule has 2 N–H and O–H groups in total. The number of benzene rings is 1. The number of rotatable bonds is 5. The molecule has 0 spiro atoms. The first-order chi connectivity index (χ1) is 9.65. The summed E-state index contributed by atoms with van der Waals surface area (Å²) in [5.41, 5.74) is 3.93. The van der Waals surface area contributed by atoms with Gasteiger partial charge in [-0.1, -0.05) is 18.6 Å². The highest BCUT2D eigenvalue weighted by atomic mass is 32.2. The van der Waals surface area contributed by atoms with Crippen molar-refractivity contribution in [3.63, 3.8) is 0 Å². The first-order valence-electron chi connectivity index (χ1n) is 7.28. The van der Waals surface area contributed by atoms with E-state index in [0.717, 1.165) is 38.8 Å². The highest BCUT2D eigenvalue weighted by Crippen LogP contribution is 2.26. The van der Waals surface area contributed by atoms with Crippen molar-refractivity contribution < 1.29 is 8.42 Å². The van der Waals surface area contributed by atoms with Crippen molar-refractivity contribution in [1.29, 1.82) is 0 Å². The molecule has 0 amide bonds. The summed E-state index contributed by atoms with van der Waals surface area (Å²) in [6.45, 7) is 1.93. The minimum Gasteiger partial charge on any atom is -0.318 e. The number of anilines is 1. The summed E-state index contributed by atoms with van der Waals surface area (Å²) in [6, 6.07) is 7.25. The summed E-state index contributed by atoms with van der Waals surface area (Å²) in [5, 5.41) is 2.11. The fourth-order valence-electron chi connectivity index (χ4n) is 2.45. The van der Waals surface area contributed by atoms with Crippen LogP contribution in [-0.4, -0.2) is 32.6 Å². The molecule has 3 rings (SSSR count). The van der Waals surface area contributed by atoms with Gasteiger partial charge in [0.15, 0.2) is 0 Å². The third-order valence-corrected chi connectivity index (χ3v) is 5.29. The van der Waals surface area contributed by atoms with Gasteiger partial charge in [0.05, 0.1) is 5.69 Å². The van der Waals surface area contributed by atoms with E-state index in [2.05, 4.69) is 15.2 Å². The van der Waals surface area contributed by atoms with Crippen molar-refractivity contribution in [2.45, 2.75) is 43.0 Å². The molecule has 6 heteroatoms. The van der Waals surface area contributed by atoms with Crippen LogP contribution >= 0.6 is 0 Å². The van der Waals surface area contributed by atoms with Gasteiger partial charge in [-0.3, -0.25) is 0 Å². The van der Waals surface area contributed by atoms with Crippen LogP contribution in [0.1, 0.15) is 32.1 Å². The molecular weight excluding hydrogens is 274 g/mol. The quantitative estimate of drug-likeness (QED) is 0.871. The molecule has 0 atom stereocenters. The van der Waals surface area contributed by atoms with Crippen LogP contribution in [0, 0.1) is 0 Å². The molecule has 20 heavy (non-hydrogen) atoms. The molecule has 1 aliphatic carbocycles. The molecule has 2 aliphatic rings. The standard InChI is InChI=1S/C14H21N3O2S/c18-20(19,16-12-8-9-12)14-7-3-2-6-13(14)15-17-10-4-1-5-11-17/h2-3,6-7,12,15-16H,1,4-5,8-11H2. The van der Waals surface area contributed by atoms with E-state index >= 15 is 0 Å². The van der Waals surface area contributed by atoms with Gasteiger partial charge in [0.25, 0.3) is 0 Å². The van der Waals surface area contributed by atoms with Crippen LogP contribution < -0.4 is 10.1 Å². The molecule has 1 saturated heterocycles. The van der Waals surface area contributed by atoms with E-state index in [1.165, 1.54) is 6.42 Å². The summed E-state index contributed by atoms with van der Waals surface area (Å²) in [4.78, 5) is 0.345. The van der Waals surface area contributed by atoms with Gasteiger partial charge in [-0.25, -0.2) is 18.1 Å². The van der Waals surface area contributed by atoms with Crippen LogP contribution in [0.5, 0.6) is 0 Å². The molecule has 1 aromatic carbocycles. The number of nitrogens with one attached hydrogen (secondary N) is 2. The average Bonchev–Trinajstić information content (AvgIpc) is 3.24. The van der Waals surface area contributed by atoms with Gasteiger partial charge in [-0.15, -0.1) is 0 Å². The van der Waals surface area contributed by atoms with Crippen molar-refractivity contribution in [3.05, 3.63) is 24.3 Å².